The smallest absolute Gasteiger partial charge is 0.191 e. The first-order valence-corrected chi connectivity index (χ1v) is 6.76. The lowest BCUT2D eigenvalue weighted by Gasteiger charge is -2.24. The fraction of sp³-hybridized carbons (Fsp3) is 0.125. The Hall–Kier alpha value is -2.82. The number of nitrogens with zero attached hydrogens (tertiary/aromatic N) is 2. The summed E-state index contributed by atoms with van der Waals surface area (Å²) in [4.78, 5) is 4.51. The lowest BCUT2D eigenvalue weighted by atomic mass is 10.2. The Labute approximate surface area is 121 Å². The van der Waals surface area contributed by atoms with Gasteiger partial charge in [0.15, 0.2) is 29.3 Å². The van der Waals surface area contributed by atoms with E-state index in [1.807, 2.05) is 54.6 Å². The highest BCUT2D eigenvalue weighted by atomic mass is 16.6. The van der Waals surface area contributed by atoms with Gasteiger partial charge in [-0.15, -0.1) is 0 Å². The van der Waals surface area contributed by atoms with E-state index in [0.717, 1.165) is 17.1 Å². The number of fused-ring (bicyclic) bond motifs is 1. The first-order chi connectivity index (χ1) is 10.4. The number of hydrogen-bond acceptors (Lipinski definition) is 4. The molecule has 104 valence electrons. The summed E-state index contributed by atoms with van der Waals surface area (Å²) in [6, 6.07) is 17.4. The summed E-state index contributed by atoms with van der Waals surface area (Å²) in [5, 5.41) is 7.18. The molecule has 0 saturated carbocycles. The van der Waals surface area contributed by atoms with Gasteiger partial charge in [0, 0.05) is 5.56 Å². The van der Waals surface area contributed by atoms with Crippen molar-refractivity contribution in [3.63, 3.8) is 0 Å². The van der Waals surface area contributed by atoms with Crippen LogP contribution in [0.1, 0.15) is 11.9 Å². The SMILES string of the molecule is c1ccc(-c2n[nH]c(C3COc4ccccc4O3)n2)cc1. The van der Waals surface area contributed by atoms with Crippen molar-refractivity contribution in [1.29, 1.82) is 0 Å². The maximum absolute atomic E-state index is 5.91. The van der Waals surface area contributed by atoms with Gasteiger partial charge in [0.2, 0.25) is 0 Å². The Bertz CT molecular complexity index is 755. The average Bonchev–Trinajstić information content (AvgIpc) is 3.05. The van der Waals surface area contributed by atoms with Gasteiger partial charge in [-0.2, -0.15) is 5.10 Å². The predicted molar refractivity (Wildman–Crippen MR) is 77.1 cm³/mol. The van der Waals surface area contributed by atoms with Crippen LogP contribution >= 0.6 is 0 Å². The summed E-state index contributed by atoms with van der Waals surface area (Å²) in [6.45, 7) is 0.417. The van der Waals surface area contributed by atoms with E-state index in [0.29, 0.717) is 18.3 Å². The minimum Gasteiger partial charge on any atom is -0.485 e. The number of H-pyrrole nitrogens is 1. The first-order valence-electron chi connectivity index (χ1n) is 6.76. The van der Waals surface area contributed by atoms with Gasteiger partial charge in [-0.3, -0.25) is 5.10 Å². The van der Waals surface area contributed by atoms with Crippen LogP contribution in [0.4, 0.5) is 0 Å². The summed E-state index contributed by atoms with van der Waals surface area (Å²) in [5.74, 6) is 2.82. The van der Waals surface area contributed by atoms with Crippen molar-refractivity contribution in [2.24, 2.45) is 0 Å². The minimum atomic E-state index is -0.273. The zero-order valence-corrected chi connectivity index (χ0v) is 11.2. The van der Waals surface area contributed by atoms with Crippen LogP contribution < -0.4 is 9.47 Å². The molecule has 1 aromatic heterocycles. The van der Waals surface area contributed by atoms with Gasteiger partial charge < -0.3 is 9.47 Å². The van der Waals surface area contributed by atoms with Gasteiger partial charge in [-0.05, 0) is 12.1 Å². The Kier molecular flexibility index (Phi) is 2.81. The third kappa shape index (κ3) is 2.23. The fourth-order valence-corrected chi connectivity index (χ4v) is 2.29. The molecule has 1 atom stereocenters. The van der Waals surface area contributed by atoms with Gasteiger partial charge in [0.1, 0.15) is 6.61 Å². The largest absolute Gasteiger partial charge is 0.485 e. The van der Waals surface area contributed by atoms with Crippen LogP contribution in [-0.4, -0.2) is 21.8 Å². The molecule has 5 nitrogen and oxygen atoms in total. The van der Waals surface area contributed by atoms with Crippen molar-refractivity contribution in [3.05, 3.63) is 60.4 Å². The highest BCUT2D eigenvalue weighted by Gasteiger charge is 2.25. The molecule has 1 N–H and O–H groups in total. The number of para-hydroxylation sites is 2. The molecular formula is C16H13N3O2. The van der Waals surface area contributed by atoms with Crippen molar-refractivity contribution in [2.75, 3.05) is 6.61 Å². The third-order valence-corrected chi connectivity index (χ3v) is 3.35. The van der Waals surface area contributed by atoms with Crippen molar-refractivity contribution >= 4 is 0 Å². The molecule has 0 aliphatic carbocycles. The standard InChI is InChI=1S/C16H13N3O2/c1-2-6-11(7-3-1)15-17-16(19-18-15)14-10-20-12-8-4-5-9-13(12)21-14/h1-9,14H,10H2,(H,17,18,19). The number of rotatable bonds is 2. The van der Waals surface area contributed by atoms with E-state index in [1.54, 1.807) is 0 Å². The fourth-order valence-electron chi connectivity index (χ4n) is 2.29. The van der Waals surface area contributed by atoms with Gasteiger partial charge in [-0.1, -0.05) is 42.5 Å². The molecule has 0 fully saturated rings. The summed E-state index contributed by atoms with van der Waals surface area (Å²) in [6.07, 6.45) is -0.273. The van der Waals surface area contributed by atoms with Gasteiger partial charge >= 0.3 is 0 Å². The maximum Gasteiger partial charge on any atom is 0.191 e. The molecule has 4 rings (SSSR count). The number of aromatic amines is 1. The number of hydrogen-bond donors (Lipinski definition) is 1. The van der Waals surface area contributed by atoms with Crippen LogP contribution in [0.2, 0.25) is 0 Å². The summed E-state index contributed by atoms with van der Waals surface area (Å²) >= 11 is 0. The predicted octanol–water partition coefficient (Wildman–Crippen LogP) is 2.98. The molecule has 1 unspecified atom stereocenters. The molecule has 21 heavy (non-hydrogen) atoms. The molecule has 5 heteroatoms. The second kappa shape index (κ2) is 4.94. The zero-order valence-electron chi connectivity index (χ0n) is 11.2. The van der Waals surface area contributed by atoms with E-state index in [2.05, 4.69) is 15.2 Å². The van der Waals surface area contributed by atoms with E-state index in [1.165, 1.54) is 0 Å². The second-order valence-corrected chi connectivity index (χ2v) is 4.77. The van der Waals surface area contributed by atoms with Gasteiger partial charge in [-0.25, -0.2) is 4.98 Å². The molecule has 1 aliphatic heterocycles. The molecule has 2 aromatic carbocycles. The van der Waals surface area contributed by atoms with E-state index in [4.69, 9.17) is 9.47 Å². The van der Waals surface area contributed by atoms with E-state index in [-0.39, 0.29) is 6.10 Å². The molecule has 0 radical (unpaired) electrons. The Morgan fingerprint density at radius 1 is 0.952 bits per heavy atom. The Balaban J connectivity index is 1.60. The number of aromatic nitrogens is 3. The first kappa shape index (κ1) is 12.0. The molecule has 0 saturated heterocycles. The summed E-state index contributed by atoms with van der Waals surface area (Å²) in [5.41, 5.74) is 0.970. The number of benzene rings is 2. The summed E-state index contributed by atoms with van der Waals surface area (Å²) in [7, 11) is 0. The van der Waals surface area contributed by atoms with Crippen molar-refractivity contribution in [2.45, 2.75) is 6.10 Å². The number of nitrogens with one attached hydrogen (secondary N) is 1. The van der Waals surface area contributed by atoms with Crippen LogP contribution in [0.3, 0.4) is 0 Å². The Morgan fingerprint density at radius 2 is 1.71 bits per heavy atom. The van der Waals surface area contributed by atoms with Crippen LogP contribution in [0.25, 0.3) is 11.4 Å². The quantitative estimate of drug-likeness (QED) is 0.783. The number of ether oxygens (including phenoxy) is 2. The molecule has 0 bridgehead atoms. The monoisotopic (exact) mass is 279 g/mol. The summed E-state index contributed by atoms with van der Waals surface area (Å²) < 4.78 is 11.6. The van der Waals surface area contributed by atoms with Crippen molar-refractivity contribution < 1.29 is 9.47 Å². The van der Waals surface area contributed by atoms with Crippen molar-refractivity contribution in [3.8, 4) is 22.9 Å². The highest BCUT2D eigenvalue weighted by Crippen LogP contribution is 2.35. The van der Waals surface area contributed by atoms with E-state index < -0.39 is 0 Å². The lowest BCUT2D eigenvalue weighted by molar-refractivity contribution is 0.0853. The van der Waals surface area contributed by atoms with E-state index >= 15 is 0 Å². The molecule has 0 spiro atoms. The third-order valence-electron chi connectivity index (χ3n) is 3.35. The average molecular weight is 279 g/mol. The normalized spacial score (nSPS) is 16.7. The molecule has 1 aliphatic rings. The molecule has 3 aromatic rings. The molecule has 0 amide bonds. The van der Waals surface area contributed by atoms with Crippen LogP contribution in [0, 0.1) is 0 Å². The van der Waals surface area contributed by atoms with Crippen LogP contribution in [0.5, 0.6) is 11.5 Å². The van der Waals surface area contributed by atoms with Gasteiger partial charge in [0.05, 0.1) is 0 Å². The lowest BCUT2D eigenvalue weighted by Crippen LogP contribution is -2.22. The minimum absolute atomic E-state index is 0.273. The topological polar surface area (TPSA) is 60.0 Å². The highest BCUT2D eigenvalue weighted by molar-refractivity contribution is 5.54. The zero-order chi connectivity index (χ0) is 14.1. The van der Waals surface area contributed by atoms with Crippen LogP contribution in [-0.2, 0) is 0 Å². The van der Waals surface area contributed by atoms with Gasteiger partial charge in [0.25, 0.3) is 0 Å². The second-order valence-electron chi connectivity index (χ2n) is 4.77. The van der Waals surface area contributed by atoms with Crippen LogP contribution in [0.15, 0.2) is 54.6 Å². The Morgan fingerprint density at radius 3 is 2.57 bits per heavy atom. The molecule has 2 heterocycles. The van der Waals surface area contributed by atoms with E-state index in [9.17, 15) is 0 Å². The maximum atomic E-state index is 5.91. The molecular weight excluding hydrogens is 266 g/mol. The van der Waals surface area contributed by atoms with Crippen molar-refractivity contribution in [1.82, 2.24) is 15.2 Å².